The Bertz CT molecular complexity index is 457. The van der Waals surface area contributed by atoms with Gasteiger partial charge in [0.05, 0.1) is 4.92 Å². The Morgan fingerprint density at radius 2 is 2.19 bits per heavy atom. The van der Waals surface area contributed by atoms with Crippen LogP contribution in [-0.4, -0.2) is 16.9 Å². The van der Waals surface area contributed by atoms with E-state index in [0.29, 0.717) is 0 Å². The van der Waals surface area contributed by atoms with E-state index in [-0.39, 0.29) is 17.3 Å². The summed E-state index contributed by atoms with van der Waals surface area (Å²) in [5.41, 5.74) is -0.601. The summed E-state index contributed by atoms with van der Waals surface area (Å²) in [7, 11) is 0. The number of nitro groups is 1. The monoisotopic (exact) mass is 224 g/mol. The van der Waals surface area contributed by atoms with Crippen molar-refractivity contribution in [1.29, 1.82) is 0 Å². The summed E-state index contributed by atoms with van der Waals surface area (Å²) in [4.78, 5) is 21.5. The van der Waals surface area contributed by atoms with Gasteiger partial charge in [-0.3, -0.25) is 14.9 Å². The van der Waals surface area contributed by atoms with Crippen molar-refractivity contribution in [2.24, 2.45) is 0 Å². The number of carbonyl (C=O) groups excluding carboxylic acids is 1. The number of rotatable bonds is 3. The summed E-state index contributed by atoms with van der Waals surface area (Å²) in [5, 5.41) is 13.2. The Morgan fingerprint density at radius 1 is 1.50 bits per heavy atom. The molecule has 1 aliphatic rings. The van der Waals surface area contributed by atoms with Gasteiger partial charge in [0.2, 0.25) is 0 Å². The van der Waals surface area contributed by atoms with Crippen LogP contribution in [0.25, 0.3) is 0 Å². The molecule has 1 aromatic rings. The largest absolute Gasteiger partial charge is 0.349 e. The van der Waals surface area contributed by atoms with E-state index in [4.69, 9.17) is 0 Å². The predicted molar refractivity (Wildman–Crippen MR) is 53.5 cm³/mol. The van der Waals surface area contributed by atoms with Gasteiger partial charge in [-0.05, 0) is 25.0 Å². The smallest absolute Gasteiger partial charge is 0.282 e. The van der Waals surface area contributed by atoms with Crippen molar-refractivity contribution in [3.8, 4) is 0 Å². The highest BCUT2D eigenvalue weighted by Gasteiger charge is 2.27. The lowest BCUT2D eigenvalue weighted by Gasteiger charge is -2.03. The molecule has 0 heterocycles. The van der Waals surface area contributed by atoms with Crippen LogP contribution in [0, 0.1) is 15.9 Å². The van der Waals surface area contributed by atoms with Gasteiger partial charge in [-0.1, -0.05) is 0 Å². The fraction of sp³-hybridized carbons (Fsp3) is 0.300. The predicted octanol–water partition coefficient (Wildman–Crippen LogP) is 1.63. The van der Waals surface area contributed by atoms with Crippen LogP contribution in [-0.2, 0) is 0 Å². The Labute approximate surface area is 90.4 Å². The van der Waals surface area contributed by atoms with E-state index in [1.54, 1.807) is 0 Å². The minimum absolute atomic E-state index is 0.0790. The first kappa shape index (κ1) is 10.5. The number of halogens is 1. The molecular weight excluding hydrogens is 215 g/mol. The second-order valence-electron chi connectivity index (χ2n) is 3.67. The summed E-state index contributed by atoms with van der Waals surface area (Å²) in [5.74, 6) is -1.25. The van der Waals surface area contributed by atoms with E-state index in [1.165, 1.54) is 0 Å². The van der Waals surface area contributed by atoms with Gasteiger partial charge in [-0.25, -0.2) is 4.39 Å². The molecule has 1 aromatic carbocycles. The van der Waals surface area contributed by atoms with Crippen LogP contribution < -0.4 is 5.32 Å². The van der Waals surface area contributed by atoms with E-state index < -0.39 is 16.6 Å². The first-order valence-electron chi connectivity index (χ1n) is 4.83. The molecule has 0 radical (unpaired) electrons. The Hall–Kier alpha value is -1.98. The fourth-order valence-electron chi connectivity index (χ4n) is 1.34. The lowest BCUT2D eigenvalue weighted by molar-refractivity contribution is -0.385. The van der Waals surface area contributed by atoms with Crippen LogP contribution in [0.15, 0.2) is 18.2 Å². The number of hydrogen-bond donors (Lipinski definition) is 1. The van der Waals surface area contributed by atoms with E-state index in [1.807, 2.05) is 0 Å². The Kier molecular flexibility index (Phi) is 2.55. The lowest BCUT2D eigenvalue weighted by atomic mass is 10.1. The molecule has 0 saturated heterocycles. The number of amides is 1. The third-order valence-electron chi connectivity index (χ3n) is 2.31. The molecular formula is C10H9FN2O3. The summed E-state index contributed by atoms with van der Waals surface area (Å²) >= 11 is 0. The number of benzene rings is 1. The van der Waals surface area contributed by atoms with Crippen molar-refractivity contribution in [1.82, 2.24) is 5.32 Å². The quantitative estimate of drug-likeness (QED) is 0.626. The second kappa shape index (κ2) is 3.88. The van der Waals surface area contributed by atoms with Crippen molar-refractivity contribution in [3.05, 3.63) is 39.7 Å². The molecule has 0 bridgehead atoms. The molecule has 5 nitrogen and oxygen atoms in total. The Balaban J connectivity index is 2.31. The topological polar surface area (TPSA) is 72.2 Å². The minimum Gasteiger partial charge on any atom is -0.349 e. The average Bonchev–Trinajstić information content (AvgIpc) is 3.01. The molecule has 0 spiro atoms. The highest BCUT2D eigenvalue weighted by atomic mass is 19.1. The van der Waals surface area contributed by atoms with Crippen molar-refractivity contribution < 1.29 is 14.1 Å². The molecule has 1 amide bonds. The highest BCUT2D eigenvalue weighted by Crippen LogP contribution is 2.23. The maximum absolute atomic E-state index is 12.9. The van der Waals surface area contributed by atoms with Crippen LogP contribution in [0.3, 0.4) is 0 Å². The summed E-state index contributed by atoms with van der Waals surface area (Å²) in [6, 6.07) is 2.93. The summed E-state index contributed by atoms with van der Waals surface area (Å²) in [6.07, 6.45) is 1.74. The molecule has 84 valence electrons. The zero-order valence-electron chi connectivity index (χ0n) is 8.27. The summed E-state index contributed by atoms with van der Waals surface area (Å²) in [6.45, 7) is 0. The Morgan fingerprint density at radius 3 is 2.75 bits per heavy atom. The normalized spacial score (nSPS) is 14.6. The van der Waals surface area contributed by atoms with E-state index in [9.17, 15) is 19.3 Å². The highest BCUT2D eigenvalue weighted by molar-refractivity contribution is 5.98. The number of carbonyl (C=O) groups is 1. The maximum Gasteiger partial charge on any atom is 0.282 e. The molecule has 0 unspecified atom stereocenters. The van der Waals surface area contributed by atoms with Gasteiger partial charge in [0.15, 0.2) is 0 Å². The minimum atomic E-state index is -0.693. The molecule has 2 rings (SSSR count). The van der Waals surface area contributed by atoms with Gasteiger partial charge in [-0.15, -0.1) is 0 Å². The van der Waals surface area contributed by atoms with Gasteiger partial charge in [0.25, 0.3) is 11.6 Å². The number of nitrogens with zero attached hydrogens (tertiary/aromatic N) is 1. The van der Waals surface area contributed by atoms with Crippen LogP contribution in [0.5, 0.6) is 0 Å². The molecule has 0 aliphatic heterocycles. The first-order valence-corrected chi connectivity index (χ1v) is 4.83. The van der Waals surface area contributed by atoms with Crippen LogP contribution in [0.2, 0.25) is 0 Å². The van der Waals surface area contributed by atoms with Gasteiger partial charge in [0, 0.05) is 12.1 Å². The number of nitrogens with one attached hydrogen (secondary N) is 1. The zero-order chi connectivity index (χ0) is 11.7. The van der Waals surface area contributed by atoms with Crippen molar-refractivity contribution in [2.45, 2.75) is 18.9 Å². The maximum atomic E-state index is 12.9. The first-order chi connectivity index (χ1) is 7.58. The third-order valence-corrected chi connectivity index (χ3v) is 2.31. The fourth-order valence-corrected chi connectivity index (χ4v) is 1.34. The number of nitro benzene ring substituents is 1. The molecule has 0 aromatic heterocycles. The number of hydrogen-bond acceptors (Lipinski definition) is 3. The van der Waals surface area contributed by atoms with Gasteiger partial charge >= 0.3 is 0 Å². The zero-order valence-corrected chi connectivity index (χ0v) is 8.27. The van der Waals surface area contributed by atoms with Gasteiger partial charge in [0.1, 0.15) is 11.4 Å². The SMILES string of the molecule is O=C(NC1CC1)c1cc(F)ccc1[N+](=O)[O-]. The van der Waals surface area contributed by atoms with Crippen molar-refractivity contribution in [2.75, 3.05) is 0 Å². The van der Waals surface area contributed by atoms with Gasteiger partial charge < -0.3 is 5.32 Å². The van der Waals surface area contributed by atoms with E-state index >= 15 is 0 Å². The van der Waals surface area contributed by atoms with Crippen LogP contribution in [0.1, 0.15) is 23.2 Å². The van der Waals surface area contributed by atoms with E-state index in [2.05, 4.69) is 5.32 Å². The molecule has 16 heavy (non-hydrogen) atoms. The lowest BCUT2D eigenvalue weighted by Crippen LogP contribution is -2.26. The van der Waals surface area contributed by atoms with Crippen molar-refractivity contribution in [3.63, 3.8) is 0 Å². The molecule has 1 aliphatic carbocycles. The molecule has 1 saturated carbocycles. The van der Waals surface area contributed by atoms with Crippen LogP contribution in [0.4, 0.5) is 10.1 Å². The standard InChI is InChI=1S/C10H9FN2O3/c11-6-1-4-9(13(15)16)8(5-6)10(14)12-7-2-3-7/h1,4-5,7H,2-3H2,(H,12,14). The molecule has 6 heteroatoms. The summed E-state index contributed by atoms with van der Waals surface area (Å²) < 4.78 is 12.9. The van der Waals surface area contributed by atoms with Crippen molar-refractivity contribution >= 4 is 11.6 Å². The molecule has 1 N–H and O–H groups in total. The van der Waals surface area contributed by atoms with Crippen LogP contribution >= 0.6 is 0 Å². The molecule has 0 atom stereocenters. The van der Waals surface area contributed by atoms with E-state index in [0.717, 1.165) is 31.0 Å². The average molecular weight is 224 g/mol. The second-order valence-corrected chi connectivity index (χ2v) is 3.67. The third kappa shape index (κ3) is 2.16. The van der Waals surface area contributed by atoms with Gasteiger partial charge in [-0.2, -0.15) is 0 Å². The molecule has 1 fully saturated rings.